The lowest BCUT2D eigenvalue weighted by molar-refractivity contribution is -0.167. The molecular weight excluding hydrogens is 901 g/mol. The van der Waals surface area contributed by atoms with Crippen LogP contribution in [0.1, 0.15) is 303 Å². The Kier molecular flexibility index (Phi) is 58.3. The predicted molar refractivity (Wildman–Crippen MR) is 316 cm³/mol. The molecule has 0 N–H and O–H groups in total. The molecule has 0 aromatic heterocycles. The van der Waals surface area contributed by atoms with Crippen molar-refractivity contribution in [1.82, 2.24) is 0 Å². The fourth-order valence-electron chi connectivity index (χ4n) is 8.80. The van der Waals surface area contributed by atoms with Gasteiger partial charge in [-0.2, -0.15) is 0 Å². The van der Waals surface area contributed by atoms with E-state index in [1.807, 2.05) is 0 Å². The molecule has 0 saturated heterocycles. The first-order chi connectivity index (χ1) is 36.0. The summed E-state index contributed by atoms with van der Waals surface area (Å²) in [5, 5.41) is 0. The molecule has 73 heavy (non-hydrogen) atoms. The van der Waals surface area contributed by atoms with Crippen LogP contribution in [0.5, 0.6) is 0 Å². The van der Waals surface area contributed by atoms with Crippen molar-refractivity contribution < 1.29 is 28.6 Å². The second-order valence-electron chi connectivity index (χ2n) is 20.6. The van der Waals surface area contributed by atoms with Crippen LogP contribution >= 0.6 is 0 Å². The van der Waals surface area contributed by atoms with Gasteiger partial charge in [0.2, 0.25) is 0 Å². The first kappa shape index (κ1) is 69.6. The highest BCUT2D eigenvalue weighted by Crippen LogP contribution is 2.17. The van der Waals surface area contributed by atoms with Crippen molar-refractivity contribution in [2.75, 3.05) is 13.2 Å². The standard InChI is InChI=1S/C67H116O6/c1-4-7-10-13-16-19-22-25-28-30-31-32-33-34-35-37-39-42-45-48-51-54-57-60-66(69)72-63-64(62-71-65(68)59-56-53-50-47-44-41-38-27-24-21-18-15-12-9-6-3)73-67(70)61-58-55-52-49-46-43-40-36-29-26-23-20-17-14-11-8-5-2/h7,9-10,12,16,18-19,21,25,27-28,31-32,38,64H,4-6,8,11,13-15,17,20,22-24,26,29-30,33-37,39-63H2,1-3H3/b10-7-,12-9-,19-16-,21-18-,28-25-,32-31-,38-27-. The van der Waals surface area contributed by atoms with Gasteiger partial charge >= 0.3 is 17.9 Å². The van der Waals surface area contributed by atoms with Crippen molar-refractivity contribution in [3.63, 3.8) is 0 Å². The van der Waals surface area contributed by atoms with Crippen LogP contribution in [-0.4, -0.2) is 37.2 Å². The Balaban J connectivity index is 4.35. The molecule has 0 saturated carbocycles. The zero-order chi connectivity index (χ0) is 52.9. The molecule has 0 aliphatic heterocycles. The first-order valence-corrected chi connectivity index (χ1v) is 31.1. The SMILES string of the molecule is CC/C=C\C/C=C\C/C=C\C/C=C\CCCCCCCCCCCCC(=O)OCC(COC(=O)CCCCCCC/C=C\C/C=C\C/C=C\CC)OC(=O)CCCCCCCCCCCCCCCCCCC. The third-order valence-electron chi connectivity index (χ3n) is 13.4. The van der Waals surface area contributed by atoms with E-state index < -0.39 is 6.10 Å². The molecule has 0 rings (SSSR count). The zero-order valence-corrected chi connectivity index (χ0v) is 48.1. The van der Waals surface area contributed by atoms with E-state index in [0.717, 1.165) is 122 Å². The molecule has 0 radical (unpaired) electrons. The van der Waals surface area contributed by atoms with Gasteiger partial charge in [-0.1, -0.05) is 279 Å². The van der Waals surface area contributed by atoms with Gasteiger partial charge in [0.15, 0.2) is 6.10 Å². The Labute approximate surface area is 452 Å². The van der Waals surface area contributed by atoms with Gasteiger partial charge in [-0.25, -0.2) is 0 Å². The van der Waals surface area contributed by atoms with Crippen LogP contribution < -0.4 is 0 Å². The summed E-state index contributed by atoms with van der Waals surface area (Å²) in [4.78, 5) is 38.3. The molecule has 0 amide bonds. The molecule has 0 heterocycles. The minimum absolute atomic E-state index is 0.0820. The lowest BCUT2D eigenvalue weighted by Gasteiger charge is -2.18. The molecule has 1 atom stereocenters. The summed E-state index contributed by atoms with van der Waals surface area (Å²) < 4.78 is 16.9. The van der Waals surface area contributed by atoms with Gasteiger partial charge in [0.25, 0.3) is 0 Å². The van der Waals surface area contributed by atoms with E-state index >= 15 is 0 Å². The average Bonchev–Trinajstić information content (AvgIpc) is 3.39. The van der Waals surface area contributed by atoms with E-state index in [-0.39, 0.29) is 31.1 Å². The summed E-state index contributed by atoms with van der Waals surface area (Å²) in [6, 6.07) is 0. The minimum atomic E-state index is -0.785. The molecule has 0 aromatic carbocycles. The Morgan fingerprint density at radius 1 is 0.288 bits per heavy atom. The van der Waals surface area contributed by atoms with Crippen LogP contribution in [0.3, 0.4) is 0 Å². The molecule has 0 spiro atoms. The van der Waals surface area contributed by atoms with Crippen molar-refractivity contribution in [1.29, 1.82) is 0 Å². The van der Waals surface area contributed by atoms with Gasteiger partial charge in [0.1, 0.15) is 13.2 Å². The fourth-order valence-corrected chi connectivity index (χ4v) is 8.80. The molecule has 0 fully saturated rings. The summed E-state index contributed by atoms with van der Waals surface area (Å²) in [5.41, 5.74) is 0. The van der Waals surface area contributed by atoms with E-state index in [1.54, 1.807) is 0 Å². The van der Waals surface area contributed by atoms with Crippen LogP contribution in [0, 0.1) is 0 Å². The van der Waals surface area contributed by atoms with Crippen LogP contribution in [0.15, 0.2) is 85.1 Å². The summed E-state index contributed by atoms with van der Waals surface area (Å²) in [6.45, 7) is 6.43. The normalized spacial score (nSPS) is 12.6. The number of unbranched alkanes of at least 4 members (excludes halogenated alkanes) is 31. The molecule has 0 aliphatic rings. The maximum atomic E-state index is 12.9. The van der Waals surface area contributed by atoms with Crippen molar-refractivity contribution in [2.24, 2.45) is 0 Å². The lowest BCUT2D eigenvalue weighted by Crippen LogP contribution is -2.30. The molecule has 0 aliphatic carbocycles. The van der Waals surface area contributed by atoms with Gasteiger partial charge in [-0.05, 0) is 89.9 Å². The number of esters is 3. The van der Waals surface area contributed by atoms with Crippen LogP contribution in [-0.2, 0) is 28.6 Å². The molecular formula is C67H116O6. The number of carbonyl (C=O) groups is 3. The molecule has 420 valence electrons. The van der Waals surface area contributed by atoms with Crippen molar-refractivity contribution in [3.05, 3.63) is 85.1 Å². The smallest absolute Gasteiger partial charge is 0.306 e. The van der Waals surface area contributed by atoms with Gasteiger partial charge in [-0.15, -0.1) is 0 Å². The molecule has 1 unspecified atom stereocenters. The van der Waals surface area contributed by atoms with Crippen LogP contribution in [0.25, 0.3) is 0 Å². The number of ether oxygens (including phenoxy) is 3. The highest BCUT2D eigenvalue weighted by atomic mass is 16.6. The van der Waals surface area contributed by atoms with Crippen LogP contribution in [0.2, 0.25) is 0 Å². The number of rotatable bonds is 56. The summed E-state index contributed by atoms with van der Waals surface area (Å²) in [7, 11) is 0. The molecule has 0 bridgehead atoms. The van der Waals surface area contributed by atoms with Crippen molar-refractivity contribution in [3.8, 4) is 0 Å². The number of hydrogen-bond acceptors (Lipinski definition) is 6. The fraction of sp³-hybridized carbons (Fsp3) is 0.746. The van der Waals surface area contributed by atoms with E-state index in [9.17, 15) is 14.4 Å². The second kappa shape index (κ2) is 61.1. The van der Waals surface area contributed by atoms with Crippen molar-refractivity contribution >= 4 is 17.9 Å². The maximum Gasteiger partial charge on any atom is 0.306 e. The third-order valence-corrected chi connectivity index (χ3v) is 13.4. The van der Waals surface area contributed by atoms with Gasteiger partial charge in [0, 0.05) is 19.3 Å². The highest BCUT2D eigenvalue weighted by molar-refractivity contribution is 5.71. The van der Waals surface area contributed by atoms with E-state index in [4.69, 9.17) is 14.2 Å². The Morgan fingerprint density at radius 3 is 0.836 bits per heavy atom. The van der Waals surface area contributed by atoms with Gasteiger partial charge in [0.05, 0.1) is 0 Å². The van der Waals surface area contributed by atoms with E-state index in [2.05, 4.69) is 106 Å². The number of allylic oxidation sites excluding steroid dienone is 14. The van der Waals surface area contributed by atoms with Gasteiger partial charge < -0.3 is 14.2 Å². The van der Waals surface area contributed by atoms with Crippen molar-refractivity contribution in [2.45, 2.75) is 309 Å². The summed E-state index contributed by atoms with van der Waals surface area (Å²) in [5.74, 6) is -0.890. The average molecular weight is 1020 g/mol. The Morgan fingerprint density at radius 2 is 0.534 bits per heavy atom. The topological polar surface area (TPSA) is 78.9 Å². The number of carbonyl (C=O) groups excluding carboxylic acids is 3. The Bertz CT molecular complexity index is 1400. The van der Waals surface area contributed by atoms with E-state index in [1.165, 1.54) is 141 Å². The zero-order valence-electron chi connectivity index (χ0n) is 48.1. The number of hydrogen-bond donors (Lipinski definition) is 0. The van der Waals surface area contributed by atoms with Gasteiger partial charge in [-0.3, -0.25) is 14.4 Å². The largest absolute Gasteiger partial charge is 0.462 e. The quantitative estimate of drug-likeness (QED) is 0.0261. The third kappa shape index (κ3) is 59.3. The molecule has 6 nitrogen and oxygen atoms in total. The maximum absolute atomic E-state index is 12.9. The Hall–Kier alpha value is -3.41. The van der Waals surface area contributed by atoms with Crippen LogP contribution in [0.4, 0.5) is 0 Å². The lowest BCUT2D eigenvalue weighted by atomic mass is 10.0. The minimum Gasteiger partial charge on any atom is -0.462 e. The highest BCUT2D eigenvalue weighted by Gasteiger charge is 2.19. The first-order valence-electron chi connectivity index (χ1n) is 31.1. The predicted octanol–water partition coefficient (Wildman–Crippen LogP) is 21.1. The monoisotopic (exact) mass is 1020 g/mol. The summed E-state index contributed by atoms with van der Waals surface area (Å²) in [6.07, 6.45) is 80.1. The second-order valence-corrected chi connectivity index (χ2v) is 20.6. The molecule has 0 aromatic rings. The van der Waals surface area contributed by atoms with E-state index in [0.29, 0.717) is 19.3 Å². The molecule has 6 heteroatoms. The summed E-state index contributed by atoms with van der Waals surface area (Å²) >= 11 is 0.